The van der Waals surface area contributed by atoms with E-state index in [2.05, 4.69) is 5.32 Å². The maximum Gasteiger partial charge on any atom is 0.156 e. The molecule has 0 amide bonds. The quantitative estimate of drug-likeness (QED) is 0.832. The van der Waals surface area contributed by atoms with Crippen molar-refractivity contribution in [2.75, 3.05) is 25.5 Å². The van der Waals surface area contributed by atoms with Gasteiger partial charge in [0.05, 0.1) is 18.1 Å². The third-order valence-corrected chi connectivity index (χ3v) is 5.75. The molecule has 1 N–H and O–H groups in total. The first-order chi connectivity index (χ1) is 10.0. The Labute approximate surface area is 131 Å². The molecule has 1 saturated heterocycles. The Morgan fingerprint density at radius 1 is 1.43 bits per heavy atom. The SMILES string of the molecule is CCNC(CS(=O)(=O)Cc1ccccc1Cl)C1CCOC1. The van der Waals surface area contributed by atoms with E-state index in [1.807, 2.05) is 13.0 Å². The fourth-order valence-corrected chi connectivity index (χ4v) is 4.74. The first-order valence-electron chi connectivity index (χ1n) is 7.27. The Hall–Kier alpha value is -0.620. The molecule has 2 unspecified atom stereocenters. The van der Waals surface area contributed by atoms with Crippen LogP contribution in [0.4, 0.5) is 0 Å². The number of halogens is 1. The highest BCUT2D eigenvalue weighted by Crippen LogP contribution is 2.22. The van der Waals surface area contributed by atoms with Gasteiger partial charge in [0.25, 0.3) is 0 Å². The number of hydrogen-bond acceptors (Lipinski definition) is 4. The summed E-state index contributed by atoms with van der Waals surface area (Å²) in [7, 11) is -3.22. The van der Waals surface area contributed by atoms with E-state index in [1.54, 1.807) is 18.2 Å². The Bertz CT molecular complexity index is 556. The van der Waals surface area contributed by atoms with Crippen LogP contribution in [0.1, 0.15) is 18.9 Å². The van der Waals surface area contributed by atoms with Crippen molar-refractivity contribution in [3.63, 3.8) is 0 Å². The van der Waals surface area contributed by atoms with Crippen LogP contribution in [0.3, 0.4) is 0 Å². The van der Waals surface area contributed by atoms with E-state index in [9.17, 15) is 8.42 Å². The van der Waals surface area contributed by atoms with E-state index < -0.39 is 9.84 Å². The molecule has 2 rings (SSSR count). The molecule has 4 nitrogen and oxygen atoms in total. The first-order valence-corrected chi connectivity index (χ1v) is 9.46. The lowest BCUT2D eigenvalue weighted by molar-refractivity contribution is 0.179. The summed E-state index contributed by atoms with van der Waals surface area (Å²) in [6.07, 6.45) is 0.916. The molecule has 0 spiro atoms. The first kappa shape index (κ1) is 16.7. The van der Waals surface area contributed by atoms with Crippen LogP contribution in [0.5, 0.6) is 0 Å². The summed E-state index contributed by atoms with van der Waals surface area (Å²) in [5.74, 6) is 0.383. The summed E-state index contributed by atoms with van der Waals surface area (Å²) in [6.45, 7) is 4.10. The Balaban J connectivity index is 2.05. The van der Waals surface area contributed by atoms with E-state index >= 15 is 0 Å². The lowest BCUT2D eigenvalue weighted by Gasteiger charge is -2.23. The van der Waals surface area contributed by atoms with Crippen LogP contribution < -0.4 is 5.32 Å². The van der Waals surface area contributed by atoms with E-state index in [4.69, 9.17) is 16.3 Å². The van der Waals surface area contributed by atoms with Crippen molar-refractivity contribution in [2.45, 2.75) is 25.1 Å². The largest absolute Gasteiger partial charge is 0.381 e. The molecule has 0 radical (unpaired) electrons. The van der Waals surface area contributed by atoms with Gasteiger partial charge in [0, 0.05) is 23.6 Å². The van der Waals surface area contributed by atoms with Crippen molar-refractivity contribution in [3.05, 3.63) is 34.9 Å². The topological polar surface area (TPSA) is 55.4 Å². The van der Waals surface area contributed by atoms with Crippen molar-refractivity contribution in [3.8, 4) is 0 Å². The van der Waals surface area contributed by atoms with Gasteiger partial charge in [-0.1, -0.05) is 36.7 Å². The second-order valence-corrected chi connectivity index (χ2v) is 7.95. The van der Waals surface area contributed by atoms with Crippen LogP contribution in [0.15, 0.2) is 24.3 Å². The number of sulfone groups is 1. The highest BCUT2D eigenvalue weighted by atomic mass is 35.5. The third-order valence-electron chi connectivity index (χ3n) is 3.77. The Morgan fingerprint density at radius 2 is 2.19 bits per heavy atom. The van der Waals surface area contributed by atoms with Gasteiger partial charge in [-0.25, -0.2) is 8.42 Å². The molecule has 0 bridgehead atoms. The minimum Gasteiger partial charge on any atom is -0.381 e. The fourth-order valence-electron chi connectivity index (χ4n) is 2.68. The van der Waals surface area contributed by atoms with Gasteiger partial charge in [-0.3, -0.25) is 0 Å². The summed E-state index contributed by atoms with van der Waals surface area (Å²) in [4.78, 5) is 0. The molecule has 1 aliphatic heterocycles. The number of rotatable bonds is 7. The molecule has 6 heteroatoms. The van der Waals surface area contributed by atoms with E-state index in [0.717, 1.165) is 19.6 Å². The van der Waals surface area contributed by atoms with Crippen molar-refractivity contribution >= 4 is 21.4 Å². The second-order valence-electron chi connectivity index (χ2n) is 5.43. The summed E-state index contributed by atoms with van der Waals surface area (Å²) in [6, 6.07) is 7.05. The highest BCUT2D eigenvalue weighted by molar-refractivity contribution is 7.90. The average Bonchev–Trinajstić information content (AvgIpc) is 2.94. The Morgan fingerprint density at radius 3 is 2.81 bits per heavy atom. The molecule has 0 aliphatic carbocycles. The van der Waals surface area contributed by atoms with Crippen LogP contribution >= 0.6 is 11.6 Å². The maximum absolute atomic E-state index is 12.5. The monoisotopic (exact) mass is 331 g/mol. The van der Waals surface area contributed by atoms with Crippen molar-refractivity contribution < 1.29 is 13.2 Å². The van der Waals surface area contributed by atoms with Crippen LogP contribution in [0, 0.1) is 5.92 Å². The summed E-state index contributed by atoms with van der Waals surface area (Å²) >= 11 is 6.06. The predicted octanol–water partition coefficient (Wildman–Crippen LogP) is 2.27. The van der Waals surface area contributed by atoms with Gasteiger partial charge in [-0.2, -0.15) is 0 Å². The minimum absolute atomic E-state index is 0.0118. The molecule has 0 saturated carbocycles. The lowest BCUT2D eigenvalue weighted by Crippen LogP contribution is -2.42. The number of nitrogens with one attached hydrogen (secondary N) is 1. The molecule has 118 valence electrons. The standard InChI is InChI=1S/C15H22ClNO3S/c1-2-17-15(12-7-8-20-9-12)11-21(18,19)10-13-5-3-4-6-14(13)16/h3-6,12,15,17H,2,7-11H2,1H3. The normalized spacial score (nSPS) is 20.6. The molecule has 0 aromatic heterocycles. The van der Waals surface area contributed by atoms with Gasteiger partial charge in [0.15, 0.2) is 9.84 Å². The van der Waals surface area contributed by atoms with Gasteiger partial charge in [-0.05, 0) is 24.6 Å². The third kappa shape index (κ3) is 4.95. The minimum atomic E-state index is -3.22. The van der Waals surface area contributed by atoms with Gasteiger partial charge < -0.3 is 10.1 Å². The molecular weight excluding hydrogens is 310 g/mol. The predicted molar refractivity (Wildman–Crippen MR) is 85.3 cm³/mol. The zero-order valence-corrected chi connectivity index (χ0v) is 13.8. The molecule has 2 atom stereocenters. The van der Waals surface area contributed by atoms with Crippen molar-refractivity contribution in [1.29, 1.82) is 0 Å². The fraction of sp³-hybridized carbons (Fsp3) is 0.600. The van der Waals surface area contributed by atoms with Gasteiger partial charge in [0.1, 0.15) is 0 Å². The van der Waals surface area contributed by atoms with E-state index in [1.165, 1.54) is 0 Å². The zero-order chi connectivity index (χ0) is 15.3. The zero-order valence-electron chi connectivity index (χ0n) is 12.2. The molecule has 1 aromatic carbocycles. The molecule has 21 heavy (non-hydrogen) atoms. The molecule has 1 heterocycles. The van der Waals surface area contributed by atoms with Gasteiger partial charge >= 0.3 is 0 Å². The molecule has 1 fully saturated rings. The second kappa shape index (κ2) is 7.58. The molecular formula is C15H22ClNO3S. The van der Waals surface area contributed by atoms with Crippen molar-refractivity contribution in [2.24, 2.45) is 5.92 Å². The molecule has 1 aliphatic rings. The maximum atomic E-state index is 12.5. The van der Waals surface area contributed by atoms with Gasteiger partial charge in [0.2, 0.25) is 0 Å². The van der Waals surface area contributed by atoms with E-state index in [0.29, 0.717) is 17.2 Å². The molecule has 1 aromatic rings. The summed E-state index contributed by atoms with van der Waals surface area (Å²) in [5.41, 5.74) is 0.664. The lowest BCUT2D eigenvalue weighted by atomic mass is 10.0. The number of ether oxygens (including phenoxy) is 1. The summed E-state index contributed by atoms with van der Waals surface area (Å²) < 4.78 is 30.3. The number of hydrogen-bond donors (Lipinski definition) is 1. The van der Waals surface area contributed by atoms with Crippen LogP contribution in [0.2, 0.25) is 5.02 Å². The number of benzene rings is 1. The van der Waals surface area contributed by atoms with Crippen LogP contribution in [0.25, 0.3) is 0 Å². The highest BCUT2D eigenvalue weighted by Gasteiger charge is 2.29. The average molecular weight is 332 g/mol. The van der Waals surface area contributed by atoms with Crippen LogP contribution in [-0.2, 0) is 20.3 Å². The van der Waals surface area contributed by atoms with Crippen molar-refractivity contribution in [1.82, 2.24) is 5.32 Å². The summed E-state index contributed by atoms with van der Waals surface area (Å²) in [5, 5.41) is 3.79. The van der Waals surface area contributed by atoms with Gasteiger partial charge in [-0.15, -0.1) is 0 Å². The smallest absolute Gasteiger partial charge is 0.156 e. The van der Waals surface area contributed by atoms with Crippen LogP contribution in [-0.4, -0.2) is 40.0 Å². The van der Waals surface area contributed by atoms with E-state index in [-0.39, 0.29) is 23.5 Å². The Kier molecular flexibility index (Phi) is 6.05.